The number of rotatable bonds is 8. The van der Waals surface area contributed by atoms with Gasteiger partial charge in [0.05, 0.1) is 0 Å². The van der Waals surface area contributed by atoms with Crippen molar-refractivity contribution in [1.29, 1.82) is 0 Å². The van der Waals surface area contributed by atoms with E-state index in [9.17, 15) is 0 Å². The summed E-state index contributed by atoms with van der Waals surface area (Å²) in [7, 11) is 4.27. The molecule has 0 rings (SSSR count). The summed E-state index contributed by atoms with van der Waals surface area (Å²) in [6.45, 7) is 9.92. The van der Waals surface area contributed by atoms with Gasteiger partial charge in [0.25, 0.3) is 0 Å². The lowest BCUT2D eigenvalue weighted by atomic mass is 10.1. The highest BCUT2D eigenvalue weighted by Gasteiger charge is 2.18. The Morgan fingerprint density at radius 1 is 1.13 bits per heavy atom. The quantitative estimate of drug-likeness (QED) is 0.664. The number of likely N-dealkylation sites (N-methyl/N-ethyl adjacent to an activating group) is 2. The molecule has 0 bridgehead atoms. The Bertz CT molecular complexity index is 148. The average Bonchev–Trinajstić information content (AvgIpc) is 2.14. The van der Waals surface area contributed by atoms with Crippen LogP contribution in [-0.4, -0.2) is 55.6 Å². The van der Waals surface area contributed by atoms with Crippen LogP contribution in [0.25, 0.3) is 0 Å². The van der Waals surface area contributed by atoms with Gasteiger partial charge in [-0.1, -0.05) is 6.92 Å². The third-order valence-corrected chi connectivity index (χ3v) is 2.95. The van der Waals surface area contributed by atoms with Gasteiger partial charge in [-0.2, -0.15) is 0 Å². The minimum Gasteiger partial charge on any atom is -0.330 e. The summed E-state index contributed by atoms with van der Waals surface area (Å²) < 4.78 is 0. The fourth-order valence-electron chi connectivity index (χ4n) is 2.27. The van der Waals surface area contributed by atoms with E-state index in [2.05, 4.69) is 44.7 Å². The maximum atomic E-state index is 5.55. The Balaban J connectivity index is 4.07. The van der Waals surface area contributed by atoms with Crippen LogP contribution in [0.5, 0.6) is 0 Å². The summed E-state index contributed by atoms with van der Waals surface area (Å²) in [4.78, 5) is 4.82. The molecule has 0 aliphatic carbocycles. The Morgan fingerprint density at radius 2 is 1.73 bits per heavy atom. The normalized spacial score (nSPS) is 16.0. The summed E-state index contributed by atoms with van der Waals surface area (Å²) >= 11 is 0. The first-order chi connectivity index (χ1) is 7.02. The van der Waals surface area contributed by atoms with Crippen molar-refractivity contribution >= 4 is 0 Å². The highest BCUT2D eigenvalue weighted by Crippen LogP contribution is 2.10. The molecule has 0 heterocycles. The van der Waals surface area contributed by atoms with Crippen LogP contribution < -0.4 is 5.73 Å². The monoisotopic (exact) mass is 215 g/mol. The molecule has 0 saturated heterocycles. The molecule has 0 fully saturated rings. The summed E-state index contributed by atoms with van der Waals surface area (Å²) in [5.74, 6) is 0. The number of hydrogen-bond acceptors (Lipinski definition) is 3. The highest BCUT2D eigenvalue weighted by molar-refractivity contribution is 4.74. The molecule has 92 valence electrons. The van der Waals surface area contributed by atoms with Gasteiger partial charge in [-0.25, -0.2) is 0 Å². The lowest BCUT2D eigenvalue weighted by Crippen LogP contribution is -2.45. The van der Waals surface area contributed by atoms with Crippen molar-refractivity contribution in [2.24, 2.45) is 5.73 Å². The van der Waals surface area contributed by atoms with E-state index in [0.29, 0.717) is 12.1 Å². The molecule has 0 spiro atoms. The first kappa shape index (κ1) is 14.9. The smallest absolute Gasteiger partial charge is 0.0197 e. The molecular formula is C12H29N3. The van der Waals surface area contributed by atoms with Crippen LogP contribution in [0.4, 0.5) is 0 Å². The number of nitrogens with zero attached hydrogens (tertiary/aromatic N) is 2. The van der Waals surface area contributed by atoms with E-state index >= 15 is 0 Å². The Labute approximate surface area is 95.6 Å². The van der Waals surface area contributed by atoms with E-state index in [-0.39, 0.29) is 0 Å². The predicted octanol–water partition coefficient (Wildman–Crippen LogP) is 1.39. The van der Waals surface area contributed by atoms with Crippen LogP contribution in [0.3, 0.4) is 0 Å². The van der Waals surface area contributed by atoms with Crippen molar-refractivity contribution in [1.82, 2.24) is 9.80 Å². The Hall–Kier alpha value is -0.120. The van der Waals surface area contributed by atoms with Crippen LogP contribution in [-0.2, 0) is 0 Å². The van der Waals surface area contributed by atoms with Gasteiger partial charge in [0.1, 0.15) is 0 Å². The molecule has 0 aromatic rings. The second kappa shape index (κ2) is 8.08. The summed E-state index contributed by atoms with van der Waals surface area (Å²) in [5, 5.41) is 0. The number of nitrogens with two attached hydrogens (primary N) is 1. The summed E-state index contributed by atoms with van der Waals surface area (Å²) in [6.07, 6.45) is 2.34. The van der Waals surface area contributed by atoms with Crippen LogP contribution in [0, 0.1) is 0 Å². The second-order valence-corrected chi connectivity index (χ2v) is 4.72. The van der Waals surface area contributed by atoms with Crippen molar-refractivity contribution in [3.8, 4) is 0 Å². The minimum absolute atomic E-state index is 0.623. The van der Waals surface area contributed by atoms with Crippen LogP contribution >= 0.6 is 0 Å². The van der Waals surface area contributed by atoms with E-state index in [1.165, 1.54) is 6.42 Å². The summed E-state index contributed by atoms with van der Waals surface area (Å²) in [5.41, 5.74) is 5.55. The van der Waals surface area contributed by atoms with E-state index in [4.69, 9.17) is 5.73 Å². The lowest BCUT2D eigenvalue weighted by Gasteiger charge is -2.35. The zero-order valence-electron chi connectivity index (χ0n) is 11.2. The van der Waals surface area contributed by atoms with Crippen molar-refractivity contribution in [2.75, 3.05) is 33.7 Å². The molecule has 3 heteroatoms. The topological polar surface area (TPSA) is 32.5 Å². The van der Waals surface area contributed by atoms with Gasteiger partial charge in [0.2, 0.25) is 0 Å². The molecule has 2 atom stereocenters. The average molecular weight is 215 g/mol. The molecule has 2 N–H and O–H groups in total. The van der Waals surface area contributed by atoms with Gasteiger partial charge in [-0.05, 0) is 53.9 Å². The van der Waals surface area contributed by atoms with Gasteiger partial charge in [-0.15, -0.1) is 0 Å². The first-order valence-corrected chi connectivity index (χ1v) is 6.13. The van der Waals surface area contributed by atoms with Crippen molar-refractivity contribution < 1.29 is 0 Å². The number of hydrogen-bond donors (Lipinski definition) is 1. The van der Waals surface area contributed by atoms with E-state index in [0.717, 1.165) is 26.1 Å². The van der Waals surface area contributed by atoms with Crippen LogP contribution in [0.2, 0.25) is 0 Å². The second-order valence-electron chi connectivity index (χ2n) is 4.72. The molecule has 15 heavy (non-hydrogen) atoms. The minimum atomic E-state index is 0.623. The maximum absolute atomic E-state index is 5.55. The molecule has 0 aromatic carbocycles. The van der Waals surface area contributed by atoms with E-state index < -0.39 is 0 Å². The first-order valence-electron chi connectivity index (χ1n) is 6.13. The van der Waals surface area contributed by atoms with Crippen LogP contribution in [0.1, 0.15) is 33.6 Å². The molecular weight excluding hydrogens is 186 g/mol. The summed E-state index contributed by atoms with van der Waals surface area (Å²) in [6, 6.07) is 1.27. The van der Waals surface area contributed by atoms with Gasteiger partial charge in [0.15, 0.2) is 0 Å². The van der Waals surface area contributed by atoms with Gasteiger partial charge >= 0.3 is 0 Å². The molecule has 0 saturated carbocycles. The highest BCUT2D eigenvalue weighted by atomic mass is 15.2. The van der Waals surface area contributed by atoms with Crippen molar-refractivity contribution in [3.05, 3.63) is 0 Å². The zero-order valence-corrected chi connectivity index (χ0v) is 11.2. The predicted molar refractivity (Wildman–Crippen MR) is 68.1 cm³/mol. The maximum Gasteiger partial charge on any atom is 0.0197 e. The van der Waals surface area contributed by atoms with Gasteiger partial charge in [-0.3, -0.25) is 4.90 Å². The van der Waals surface area contributed by atoms with Crippen molar-refractivity contribution in [2.45, 2.75) is 45.7 Å². The fourth-order valence-corrected chi connectivity index (χ4v) is 2.27. The molecule has 0 aromatic heterocycles. The molecule has 0 aliphatic heterocycles. The molecule has 2 unspecified atom stereocenters. The molecule has 0 radical (unpaired) electrons. The van der Waals surface area contributed by atoms with Gasteiger partial charge in [0, 0.05) is 18.6 Å². The zero-order chi connectivity index (χ0) is 11.8. The van der Waals surface area contributed by atoms with Gasteiger partial charge < -0.3 is 10.6 Å². The van der Waals surface area contributed by atoms with E-state index in [1.807, 2.05) is 0 Å². The Morgan fingerprint density at radius 3 is 2.13 bits per heavy atom. The molecule has 3 nitrogen and oxygen atoms in total. The standard InChI is InChI=1S/C12H29N3/c1-6-15(11(2)8-7-9-13)12(3)10-14(4)5/h11-12H,6-10,13H2,1-5H3. The van der Waals surface area contributed by atoms with Crippen molar-refractivity contribution in [3.63, 3.8) is 0 Å². The third-order valence-electron chi connectivity index (χ3n) is 2.95. The fraction of sp³-hybridized carbons (Fsp3) is 1.00. The third kappa shape index (κ3) is 6.13. The SMILES string of the molecule is CCN(C(C)CCCN)C(C)CN(C)C. The molecule has 0 aliphatic rings. The largest absolute Gasteiger partial charge is 0.330 e. The molecule has 0 amide bonds. The Kier molecular flexibility index (Phi) is 8.02. The lowest BCUT2D eigenvalue weighted by molar-refractivity contribution is 0.130. The van der Waals surface area contributed by atoms with Crippen LogP contribution in [0.15, 0.2) is 0 Å². The van der Waals surface area contributed by atoms with E-state index in [1.54, 1.807) is 0 Å².